The molecule has 0 amide bonds. The summed E-state index contributed by atoms with van der Waals surface area (Å²) in [7, 11) is 0. The zero-order chi connectivity index (χ0) is 12.3. The van der Waals surface area contributed by atoms with E-state index in [2.05, 4.69) is 5.32 Å². The molecule has 1 heterocycles. The summed E-state index contributed by atoms with van der Waals surface area (Å²) >= 11 is 6.09. The second-order valence-corrected chi connectivity index (χ2v) is 5.17. The van der Waals surface area contributed by atoms with Crippen molar-refractivity contribution >= 4 is 11.6 Å². The topological polar surface area (TPSA) is 41.5 Å². The maximum Gasteiger partial charge on any atom is 0.123 e. The number of halogens is 1. The minimum atomic E-state index is -0.584. The van der Waals surface area contributed by atoms with Gasteiger partial charge in [-0.25, -0.2) is 0 Å². The van der Waals surface area contributed by atoms with Gasteiger partial charge >= 0.3 is 0 Å². The Morgan fingerprint density at radius 3 is 2.76 bits per heavy atom. The summed E-state index contributed by atoms with van der Waals surface area (Å²) in [5.74, 6) is 0.805. The molecule has 0 bridgehead atoms. The minimum absolute atomic E-state index is 0.289. The first-order valence-corrected chi connectivity index (χ1v) is 6.73. The molecule has 2 N–H and O–H groups in total. The molecule has 2 rings (SSSR count). The van der Waals surface area contributed by atoms with Crippen LogP contribution in [-0.2, 0) is 4.74 Å². The lowest BCUT2D eigenvalue weighted by Crippen LogP contribution is -2.27. The van der Waals surface area contributed by atoms with Crippen LogP contribution in [0, 0.1) is 0 Å². The quantitative estimate of drug-likeness (QED) is 0.817. The molecule has 0 aromatic carbocycles. The molecule has 0 aromatic rings. The second kappa shape index (κ2) is 5.78. The summed E-state index contributed by atoms with van der Waals surface area (Å²) in [6.07, 6.45) is 7.42. The Morgan fingerprint density at radius 2 is 2.12 bits per heavy atom. The molecule has 2 aliphatic rings. The number of hydrogen-bond acceptors (Lipinski definition) is 3. The number of ether oxygens (including phenoxy) is 1. The van der Waals surface area contributed by atoms with Crippen molar-refractivity contribution in [3.8, 4) is 0 Å². The van der Waals surface area contributed by atoms with Crippen LogP contribution in [0.5, 0.6) is 0 Å². The molecule has 1 unspecified atom stereocenters. The maximum atomic E-state index is 9.76. The van der Waals surface area contributed by atoms with E-state index in [1.165, 1.54) is 19.3 Å². The lowest BCUT2D eigenvalue weighted by molar-refractivity contribution is 0.0734. The van der Waals surface area contributed by atoms with Gasteiger partial charge in [-0.2, -0.15) is 0 Å². The van der Waals surface area contributed by atoms with Crippen molar-refractivity contribution in [3.05, 3.63) is 22.6 Å². The van der Waals surface area contributed by atoms with Gasteiger partial charge in [0.15, 0.2) is 0 Å². The molecule has 1 fully saturated rings. The van der Waals surface area contributed by atoms with Crippen molar-refractivity contribution in [2.75, 3.05) is 6.54 Å². The SMILES string of the molecule is CC(O)C1=C(OC2CCCCC2)CNC=C1Cl. The molecule has 17 heavy (non-hydrogen) atoms. The van der Waals surface area contributed by atoms with Crippen LogP contribution in [0.3, 0.4) is 0 Å². The van der Waals surface area contributed by atoms with E-state index in [4.69, 9.17) is 16.3 Å². The van der Waals surface area contributed by atoms with Crippen molar-refractivity contribution in [2.45, 2.75) is 51.2 Å². The molecule has 96 valence electrons. The van der Waals surface area contributed by atoms with Gasteiger partial charge in [0.25, 0.3) is 0 Å². The lowest BCUT2D eigenvalue weighted by atomic mass is 9.97. The highest BCUT2D eigenvalue weighted by Gasteiger charge is 2.23. The zero-order valence-electron chi connectivity index (χ0n) is 10.2. The summed E-state index contributed by atoms with van der Waals surface area (Å²) < 4.78 is 6.01. The van der Waals surface area contributed by atoms with Crippen molar-refractivity contribution in [2.24, 2.45) is 0 Å². The highest BCUT2D eigenvalue weighted by Crippen LogP contribution is 2.29. The number of hydrogen-bond donors (Lipinski definition) is 2. The van der Waals surface area contributed by atoms with Crippen LogP contribution < -0.4 is 5.32 Å². The predicted molar refractivity (Wildman–Crippen MR) is 68.6 cm³/mol. The summed E-state index contributed by atoms with van der Waals surface area (Å²) in [5.41, 5.74) is 0.732. The molecule has 1 aliphatic heterocycles. The van der Waals surface area contributed by atoms with Gasteiger partial charge in [0.2, 0.25) is 0 Å². The van der Waals surface area contributed by atoms with E-state index in [1.54, 1.807) is 13.1 Å². The molecule has 3 nitrogen and oxygen atoms in total. The van der Waals surface area contributed by atoms with Crippen molar-refractivity contribution in [1.82, 2.24) is 5.32 Å². The Balaban J connectivity index is 2.10. The number of rotatable bonds is 3. The van der Waals surface area contributed by atoms with Gasteiger partial charge in [-0.05, 0) is 32.6 Å². The van der Waals surface area contributed by atoms with Gasteiger partial charge in [-0.3, -0.25) is 0 Å². The smallest absolute Gasteiger partial charge is 0.123 e. The molecule has 0 radical (unpaired) electrons. The average Bonchev–Trinajstić information content (AvgIpc) is 2.30. The maximum absolute atomic E-state index is 9.76. The van der Waals surface area contributed by atoms with Crippen LogP contribution in [-0.4, -0.2) is 23.9 Å². The first-order valence-electron chi connectivity index (χ1n) is 6.35. The minimum Gasteiger partial charge on any atom is -0.492 e. The third-order valence-corrected chi connectivity index (χ3v) is 3.64. The number of aliphatic hydroxyl groups excluding tert-OH is 1. The Kier molecular flexibility index (Phi) is 4.35. The van der Waals surface area contributed by atoms with Crippen LogP contribution in [0.4, 0.5) is 0 Å². The normalized spacial score (nSPS) is 24.1. The highest BCUT2D eigenvalue weighted by molar-refractivity contribution is 6.32. The van der Waals surface area contributed by atoms with Crippen molar-refractivity contribution < 1.29 is 9.84 Å². The van der Waals surface area contributed by atoms with Crippen LogP contribution in [0.1, 0.15) is 39.0 Å². The predicted octanol–water partition coefficient (Wildman–Crippen LogP) is 2.65. The van der Waals surface area contributed by atoms with Crippen molar-refractivity contribution in [1.29, 1.82) is 0 Å². The number of nitrogens with one attached hydrogen (secondary N) is 1. The average molecular weight is 258 g/mol. The second-order valence-electron chi connectivity index (χ2n) is 4.76. The molecule has 4 heteroatoms. The molecule has 1 saturated carbocycles. The molecule has 1 aliphatic carbocycles. The number of aliphatic hydroxyl groups is 1. The van der Waals surface area contributed by atoms with Crippen LogP contribution >= 0.6 is 11.6 Å². The van der Waals surface area contributed by atoms with E-state index in [-0.39, 0.29) is 6.10 Å². The fourth-order valence-electron chi connectivity index (χ4n) is 2.46. The molecule has 0 saturated heterocycles. The highest BCUT2D eigenvalue weighted by atomic mass is 35.5. The van der Waals surface area contributed by atoms with E-state index >= 15 is 0 Å². The van der Waals surface area contributed by atoms with Gasteiger partial charge < -0.3 is 15.2 Å². The summed E-state index contributed by atoms with van der Waals surface area (Å²) in [4.78, 5) is 0. The van der Waals surface area contributed by atoms with Gasteiger partial charge in [0.1, 0.15) is 5.76 Å². The third kappa shape index (κ3) is 3.17. The molecular formula is C13H20ClNO2. The first kappa shape index (κ1) is 12.8. The monoisotopic (exact) mass is 257 g/mol. The van der Waals surface area contributed by atoms with Crippen LogP contribution in [0.2, 0.25) is 0 Å². The van der Waals surface area contributed by atoms with E-state index in [0.29, 0.717) is 11.6 Å². The first-order chi connectivity index (χ1) is 8.18. The largest absolute Gasteiger partial charge is 0.492 e. The van der Waals surface area contributed by atoms with Crippen LogP contribution in [0.15, 0.2) is 22.6 Å². The van der Waals surface area contributed by atoms with E-state index in [0.717, 1.165) is 24.2 Å². The fraction of sp³-hybridized carbons (Fsp3) is 0.692. The van der Waals surface area contributed by atoms with E-state index < -0.39 is 6.10 Å². The van der Waals surface area contributed by atoms with E-state index in [9.17, 15) is 5.11 Å². The van der Waals surface area contributed by atoms with Gasteiger partial charge in [-0.15, -0.1) is 0 Å². The Morgan fingerprint density at radius 1 is 1.41 bits per heavy atom. The third-order valence-electron chi connectivity index (χ3n) is 3.33. The standard InChI is InChI=1S/C13H20ClNO2/c1-9(16)13-11(14)7-15-8-12(13)17-10-5-3-2-4-6-10/h7,9-10,15-16H,2-6,8H2,1H3. The van der Waals surface area contributed by atoms with Gasteiger partial charge in [-0.1, -0.05) is 18.0 Å². The Bertz CT molecular complexity index is 330. The zero-order valence-corrected chi connectivity index (χ0v) is 11.0. The van der Waals surface area contributed by atoms with Gasteiger partial charge in [0.05, 0.1) is 23.8 Å². The lowest BCUT2D eigenvalue weighted by Gasteiger charge is -2.28. The molecule has 0 spiro atoms. The summed E-state index contributed by atoms with van der Waals surface area (Å²) in [6.45, 7) is 2.34. The molecule has 1 atom stereocenters. The Labute approximate surface area is 107 Å². The van der Waals surface area contributed by atoms with Gasteiger partial charge in [0, 0.05) is 11.8 Å². The number of dihydropyridines is 1. The molecule has 0 aromatic heterocycles. The summed E-state index contributed by atoms with van der Waals surface area (Å²) in [6, 6.07) is 0. The van der Waals surface area contributed by atoms with E-state index in [1.807, 2.05) is 0 Å². The Hall–Kier alpha value is -0.670. The fourth-order valence-corrected chi connectivity index (χ4v) is 2.80. The summed E-state index contributed by atoms with van der Waals surface area (Å²) in [5, 5.41) is 13.4. The van der Waals surface area contributed by atoms with Crippen molar-refractivity contribution in [3.63, 3.8) is 0 Å². The van der Waals surface area contributed by atoms with Crippen LogP contribution in [0.25, 0.3) is 0 Å². The molecular weight excluding hydrogens is 238 g/mol.